The van der Waals surface area contributed by atoms with Crippen LogP contribution < -0.4 is 4.90 Å². The lowest BCUT2D eigenvalue weighted by Crippen LogP contribution is -2.25. The van der Waals surface area contributed by atoms with Gasteiger partial charge in [-0.15, -0.1) is 0 Å². The summed E-state index contributed by atoms with van der Waals surface area (Å²) in [5.74, 6) is 0.790. The lowest BCUT2D eigenvalue weighted by Gasteiger charge is -2.19. The van der Waals surface area contributed by atoms with E-state index in [0.29, 0.717) is 17.7 Å². The average Bonchev–Trinajstić information content (AvgIpc) is 3.11. The average molecular weight is 376 g/mol. The minimum absolute atomic E-state index is 0.0316. The van der Waals surface area contributed by atoms with Gasteiger partial charge in [0.05, 0.1) is 6.20 Å². The van der Waals surface area contributed by atoms with Crippen LogP contribution in [0.25, 0.3) is 11.1 Å². The number of Topliss-reactive ketones (excluding diaryl/α,β-unsaturated/α-hetero) is 1. The van der Waals surface area contributed by atoms with Crippen molar-refractivity contribution in [2.75, 3.05) is 11.9 Å². The van der Waals surface area contributed by atoms with Crippen LogP contribution in [0.1, 0.15) is 40.6 Å². The summed E-state index contributed by atoms with van der Waals surface area (Å²) in [7, 11) is 1.80. The molecule has 3 aromatic rings. The maximum Gasteiger partial charge on any atom is 0.226 e. The summed E-state index contributed by atoms with van der Waals surface area (Å²) in [6.45, 7) is 5.66. The van der Waals surface area contributed by atoms with Crippen LogP contribution in [0, 0.1) is 13.8 Å². The minimum atomic E-state index is 0.0316. The van der Waals surface area contributed by atoms with E-state index in [4.69, 9.17) is 4.52 Å². The summed E-state index contributed by atoms with van der Waals surface area (Å²) in [6.07, 6.45) is 2.34. The van der Waals surface area contributed by atoms with E-state index in [1.165, 1.54) is 0 Å². The van der Waals surface area contributed by atoms with Crippen LogP contribution in [0.2, 0.25) is 0 Å². The fourth-order valence-electron chi connectivity index (χ4n) is 3.20. The quantitative estimate of drug-likeness (QED) is 0.582. The van der Waals surface area contributed by atoms with Crippen LogP contribution in [-0.2, 0) is 11.2 Å². The molecule has 0 saturated heterocycles. The van der Waals surface area contributed by atoms with E-state index >= 15 is 0 Å². The lowest BCUT2D eigenvalue weighted by atomic mass is 9.98. The zero-order chi connectivity index (χ0) is 20.3. The Kier molecular flexibility index (Phi) is 5.73. The zero-order valence-corrected chi connectivity index (χ0v) is 16.7. The number of ketones is 1. The Hall–Kier alpha value is -3.21. The van der Waals surface area contributed by atoms with Gasteiger partial charge in [0.2, 0.25) is 5.91 Å². The number of hydrogen-bond donors (Lipinski definition) is 0. The van der Waals surface area contributed by atoms with Gasteiger partial charge >= 0.3 is 0 Å². The molecule has 0 aliphatic rings. The molecule has 3 rings (SSSR count). The summed E-state index contributed by atoms with van der Waals surface area (Å²) < 4.78 is 5.01. The Labute approximate surface area is 165 Å². The number of carbonyl (C=O) groups excluding carboxylic acids is 2. The first-order valence-corrected chi connectivity index (χ1v) is 9.31. The lowest BCUT2D eigenvalue weighted by molar-refractivity contribution is -0.118. The highest BCUT2D eigenvalue weighted by molar-refractivity contribution is 5.98. The summed E-state index contributed by atoms with van der Waals surface area (Å²) in [5.41, 5.74) is 5.48. The van der Waals surface area contributed by atoms with Crippen LogP contribution in [0.4, 0.5) is 5.69 Å². The molecule has 144 valence electrons. The van der Waals surface area contributed by atoms with E-state index in [9.17, 15) is 9.59 Å². The standard InChI is InChI=1S/C23H24N2O3/c1-5-23(27)25(4)21-11-10-19(12-15(21)2)17-6-8-18(9-7-17)22(26)13-20-14-24-28-16(20)3/h6-12,14H,5,13H2,1-4H3. The maximum absolute atomic E-state index is 12.5. The molecule has 5 heteroatoms. The van der Waals surface area contributed by atoms with Crippen molar-refractivity contribution in [2.24, 2.45) is 0 Å². The highest BCUT2D eigenvalue weighted by atomic mass is 16.5. The minimum Gasteiger partial charge on any atom is -0.361 e. The summed E-state index contributed by atoms with van der Waals surface area (Å²) in [5, 5.41) is 3.71. The topological polar surface area (TPSA) is 63.4 Å². The molecule has 2 aromatic carbocycles. The molecule has 0 aliphatic heterocycles. The summed E-state index contributed by atoms with van der Waals surface area (Å²) >= 11 is 0. The number of aromatic nitrogens is 1. The molecular weight excluding hydrogens is 352 g/mol. The predicted octanol–water partition coefficient (Wildman–Crippen LogP) is 4.76. The Balaban J connectivity index is 1.78. The Bertz CT molecular complexity index is 1000. The molecule has 5 nitrogen and oxygen atoms in total. The first-order valence-electron chi connectivity index (χ1n) is 9.31. The first-order chi connectivity index (χ1) is 13.4. The number of benzene rings is 2. The van der Waals surface area contributed by atoms with Crippen LogP contribution in [0.15, 0.2) is 53.2 Å². The van der Waals surface area contributed by atoms with Crippen molar-refractivity contribution in [2.45, 2.75) is 33.6 Å². The molecule has 0 radical (unpaired) electrons. The number of aryl methyl sites for hydroxylation is 2. The number of carbonyl (C=O) groups is 2. The smallest absolute Gasteiger partial charge is 0.226 e. The molecule has 0 N–H and O–H groups in total. The van der Waals surface area contributed by atoms with Crippen molar-refractivity contribution in [3.63, 3.8) is 0 Å². The molecule has 28 heavy (non-hydrogen) atoms. The zero-order valence-electron chi connectivity index (χ0n) is 16.7. The second kappa shape index (κ2) is 8.21. The van der Waals surface area contributed by atoms with Crippen molar-refractivity contribution in [3.8, 4) is 11.1 Å². The van der Waals surface area contributed by atoms with Crippen LogP contribution >= 0.6 is 0 Å². The van der Waals surface area contributed by atoms with E-state index in [-0.39, 0.29) is 18.1 Å². The number of hydrogen-bond acceptors (Lipinski definition) is 4. The molecular formula is C23H24N2O3. The monoisotopic (exact) mass is 376 g/mol. The number of anilines is 1. The third-order valence-electron chi connectivity index (χ3n) is 4.98. The fourth-order valence-corrected chi connectivity index (χ4v) is 3.20. The van der Waals surface area contributed by atoms with Crippen molar-refractivity contribution in [3.05, 3.63) is 71.1 Å². The third-order valence-corrected chi connectivity index (χ3v) is 4.98. The van der Waals surface area contributed by atoms with Gasteiger partial charge < -0.3 is 9.42 Å². The van der Waals surface area contributed by atoms with Crippen molar-refractivity contribution in [1.82, 2.24) is 5.16 Å². The van der Waals surface area contributed by atoms with Gasteiger partial charge in [0.1, 0.15) is 5.76 Å². The van der Waals surface area contributed by atoms with Crippen LogP contribution in [-0.4, -0.2) is 23.9 Å². The molecule has 1 heterocycles. The van der Waals surface area contributed by atoms with Crippen molar-refractivity contribution >= 4 is 17.4 Å². The van der Waals surface area contributed by atoms with Gasteiger partial charge in [0, 0.05) is 36.7 Å². The molecule has 0 spiro atoms. The van der Waals surface area contributed by atoms with Gasteiger partial charge in [0.15, 0.2) is 5.78 Å². The molecule has 0 atom stereocenters. The Morgan fingerprint density at radius 2 is 1.71 bits per heavy atom. The highest BCUT2D eigenvalue weighted by Crippen LogP contribution is 2.27. The van der Waals surface area contributed by atoms with Crippen LogP contribution in [0.3, 0.4) is 0 Å². The van der Waals surface area contributed by atoms with Gasteiger partial charge in [0.25, 0.3) is 0 Å². The number of rotatable bonds is 6. The second-order valence-electron chi connectivity index (χ2n) is 6.89. The molecule has 0 aliphatic carbocycles. The van der Waals surface area contributed by atoms with Gasteiger partial charge in [-0.05, 0) is 42.7 Å². The first kappa shape index (κ1) is 19.5. The largest absolute Gasteiger partial charge is 0.361 e. The molecule has 1 amide bonds. The van der Waals surface area contributed by atoms with Gasteiger partial charge in [-0.3, -0.25) is 9.59 Å². The van der Waals surface area contributed by atoms with E-state index in [1.54, 1.807) is 25.1 Å². The fraction of sp³-hybridized carbons (Fsp3) is 0.261. The van der Waals surface area contributed by atoms with E-state index < -0.39 is 0 Å². The van der Waals surface area contributed by atoms with E-state index in [1.807, 2.05) is 50.2 Å². The van der Waals surface area contributed by atoms with Gasteiger partial charge in [-0.2, -0.15) is 0 Å². The second-order valence-corrected chi connectivity index (χ2v) is 6.89. The highest BCUT2D eigenvalue weighted by Gasteiger charge is 2.13. The maximum atomic E-state index is 12.5. The van der Waals surface area contributed by atoms with E-state index in [0.717, 1.165) is 27.9 Å². The molecule has 0 unspecified atom stereocenters. The molecule has 0 bridgehead atoms. The summed E-state index contributed by atoms with van der Waals surface area (Å²) in [6, 6.07) is 13.6. The number of nitrogens with zero attached hydrogens (tertiary/aromatic N) is 2. The summed E-state index contributed by atoms with van der Waals surface area (Å²) in [4.78, 5) is 26.1. The Morgan fingerprint density at radius 3 is 2.29 bits per heavy atom. The molecule has 0 saturated carbocycles. The van der Waals surface area contributed by atoms with E-state index in [2.05, 4.69) is 11.2 Å². The predicted molar refractivity (Wildman–Crippen MR) is 110 cm³/mol. The van der Waals surface area contributed by atoms with Crippen molar-refractivity contribution < 1.29 is 14.1 Å². The molecule has 0 fully saturated rings. The third kappa shape index (κ3) is 4.03. The SMILES string of the molecule is CCC(=O)N(C)c1ccc(-c2ccc(C(=O)Cc3cnoc3C)cc2)cc1C. The van der Waals surface area contributed by atoms with Crippen molar-refractivity contribution in [1.29, 1.82) is 0 Å². The van der Waals surface area contributed by atoms with Crippen LogP contribution in [0.5, 0.6) is 0 Å². The Morgan fingerprint density at radius 1 is 1.04 bits per heavy atom. The van der Waals surface area contributed by atoms with Gasteiger partial charge in [-0.25, -0.2) is 0 Å². The molecule has 1 aromatic heterocycles. The normalized spacial score (nSPS) is 10.7. The number of amides is 1. The van der Waals surface area contributed by atoms with Gasteiger partial charge in [-0.1, -0.05) is 42.4 Å².